The molecule has 0 bridgehead atoms. The Labute approximate surface area is 139 Å². The monoisotopic (exact) mass is 332 g/mol. The normalized spacial score (nSPS) is 23.3. The van der Waals surface area contributed by atoms with Crippen molar-refractivity contribution in [3.63, 3.8) is 0 Å². The van der Waals surface area contributed by atoms with Crippen LogP contribution in [0.3, 0.4) is 0 Å². The van der Waals surface area contributed by atoms with Crippen LogP contribution in [0, 0.1) is 0 Å². The number of aromatic nitrogens is 1. The molecule has 2 aromatic rings. The minimum atomic E-state index is -0.414. The van der Waals surface area contributed by atoms with Gasteiger partial charge in [0.05, 0.1) is 35.0 Å². The number of carbonyl (C=O) groups is 1. The van der Waals surface area contributed by atoms with E-state index in [-0.39, 0.29) is 5.91 Å². The second kappa shape index (κ2) is 6.55. The number of likely N-dealkylation sites (tertiary alicyclic amines) is 1. The largest absolute Gasteiger partial charge is 0.376 e. The van der Waals surface area contributed by atoms with E-state index in [1.807, 2.05) is 11.0 Å². The van der Waals surface area contributed by atoms with Gasteiger partial charge in [0.25, 0.3) is 5.91 Å². The highest BCUT2D eigenvalue weighted by Crippen LogP contribution is 2.34. The molecule has 23 heavy (non-hydrogen) atoms. The molecular formula is C17H20N2O3S. The molecule has 2 fully saturated rings. The summed E-state index contributed by atoms with van der Waals surface area (Å²) in [5, 5.41) is 1.20. The topological polar surface area (TPSA) is 51.7 Å². The number of para-hydroxylation sites is 1. The van der Waals surface area contributed by atoms with E-state index < -0.39 is 6.10 Å². The van der Waals surface area contributed by atoms with Crippen LogP contribution in [0.1, 0.15) is 23.8 Å². The summed E-state index contributed by atoms with van der Waals surface area (Å²) in [7, 11) is 0. The zero-order valence-corrected chi connectivity index (χ0v) is 13.8. The molecule has 4 rings (SSSR count). The van der Waals surface area contributed by atoms with Crippen molar-refractivity contribution in [3.8, 4) is 0 Å². The summed E-state index contributed by atoms with van der Waals surface area (Å²) in [5.41, 5.74) is 1.08. The first-order chi connectivity index (χ1) is 11.3. The summed E-state index contributed by atoms with van der Waals surface area (Å²) in [6.07, 6.45) is 1.53. The molecular weight excluding hydrogens is 312 g/mol. The highest BCUT2D eigenvalue weighted by Gasteiger charge is 2.31. The number of hydrogen-bond donors (Lipinski definition) is 0. The number of benzene rings is 1. The molecule has 1 aromatic carbocycles. The molecule has 0 unspecified atom stereocenters. The smallest absolute Gasteiger partial charge is 0.254 e. The van der Waals surface area contributed by atoms with Gasteiger partial charge in [0.2, 0.25) is 0 Å². The minimum Gasteiger partial charge on any atom is -0.376 e. The molecule has 0 spiro atoms. The molecule has 0 radical (unpaired) electrons. The van der Waals surface area contributed by atoms with Gasteiger partial charge in [-0.3, -0.25) is 4.79 Å². The second-order valence-electron chi connectivity index (χ2n) is 6.05. The van der Waals surface area contributed by atoms with Gasteiger partial charge in [0, 0.05) is 19.0 Å². The second-order valence-corrected chi connectivity index (χ2v) is 7.12. The van der Waals surface area contributed by atoms with Crippen LogP contribution in [0.2, 0.25) is 0 Å². The molecule has 122 valence electrons. The van der Waals surface area contributed by atoms with Crippen LogP contribution in [0.4, 0.5) is 0 Å². The van der Waals surface area contributed by atoms with Gasteiger partial charge in [-0.25, -0.2) is 4.98 Å². The summed E-state index contributed by atoms with van der Waals surface area (Å²) in [5.74, 6) is 0.535. The van der Waals surface area contributed by atoms with Gasteiger partial charge in [0.1, 0.15) is 0 Å². The molecule has 5 nitrogen and oxygen atoms in total. The van der Waals surface area contributed by atoms with Gasteiger partial charge >= 0.3 is 0 Å². The summed E-state index contributed by atoms with van der Waals surface area (Å²) in [6.45, 7) is 3.04. The van der Waals surface area contributed by atoms with Crippen molar-refractivity contribution < 1.29 is 14.3 Å². The van der Waals surface area contributed by atoms with Crippen molar-refractivity contribution in [2.45, 2.75) is 24.9 Å². The third-order valence-electron chi connectivity index (χ3n) is 4.56. The molecule has 3 heterocycles. The summed E-state index contributed by atoms with van der Waals surface area (Å²) < 4.78 is 12.1. The fraction of sp³-hybridized carbons (Fsp3) is 0.529. The Hall–Kier alpha value is -1.50. The number of fused-ring (bicyclic) bond motifs is 1. The molecule has 0 N–H and O–H groups in total. The average Bonchev–Trinajstić information content (AvgIpc) is 3.06. The van der Waals surface area contributed by atoms with Crippen molar-refractivity contribution >= 4 is 27.5 Å². The van der Waals surface area contributed by atoms with E-state index in [1.165, 1.54) is 9.71 Å². The fourth-order valence-electron chi connectivity index (χ4n) is 3.25. The van der Waals surface area contributed by atoms with Gasteiger partial charge in [-0.15, -0.1) is 11.3 Å². The lowest BCUT2D eigenvalue weighted by atomic mass is 9.97. The Morgan fingerprint density at radius 2 is 2.04 bits per heavy atom. The van der Waals surface area contributed by atoms with Gasteiger partial charge in [0.15, 0.2) is 6.10 Å². The molecule has 1 amide bonds. The van der Waals surface area contributed by atoms with E-state index in [0.717, 1.165) is 31.4 Å². The van der Waals surface area contributed by atoms with E-state index in [0.29, 0.717) is 25.7 Å². The average molecular weight is 332 g/mol. The number of carbonyl (C=O) groups excluding carboxylic acids is 1. The van der Waals surface area contributed by atoms with Crippen molar-refractivity contribution in [3.05, 3.63) is 29.3 Å². The van der Waals surface area contributed by atoms with Crippen LogP contribution in [-0.2, 0) is 14.3 Å². The maximum Gasteiger partial charge on any atom is 0.254 e. The number of ether oxygens (including phenoxy) is 2. The van der Waals surface area contributed by atoms with Crippen LogP contribution in [0.5, 0.6) is 0 Å². The van der Waals surface area contributed by atoms with E-state index in [9.17, 15) is 4.79 Å². The molecule has 0 saturated carbocycles. The molecule has 0 aliphatic carbocycles. The van der Waals surface area contributed by atoms with E-state index in [2.05, 4.69) is 18.2 Å². The Balaban J connectivity index is 1.39. The van der Waals surface area contributed by atoms with Crippen LogP contribution in [0.15, 0.2) is 24.3 Å². The zero-order valence-electron chi connectivity index (χ0n) is 12.9. The third kappa shape index (κ3) is 3.11. The SMILES string of the molecule is O=C([C@H]1COCCO1)N1CCC(c2nc3ccccc3s2)CC1. The maximum absolute atomic E-state index is 12.4. The Bertz CT molecular complexity index is 655. The highest BCUT2D eigenvalue weighted by molar-refractivity contribution is 7.18. The maximum atomic E-state index is 12.4. The van der Waals surface area contributed by atoms with Crippen molar-refractivity contribution in [1.82, 2.24) is 9.88 Å². The van der Waals surface area contributed by atoms with Gasteiger partial charge in [-0.1, -0.05) is 12.1 Å². The number of amides is 1. The molecule has 6 heteroatoms. The summed E-state index contributed by atoms with van der Waals surface area (Å²) in [6, 6.07) is 8.27. The number of nitrogens with zero attached hydrogens (tertiary/aromatic N) is 2. The summed E-state index contributed by atoms with van der Waals surface area (Å²) >= 11 is 1.78. The zero-order chi connectivity index (χ0) is 15.6. The quantitative estimate of drug-likeness (QED) is 0.847. The Morgan fingerprint density at radius 3 is 2.78 bits per heavy atom. The first-order valence-electron chi connectivity index (χ1n) is 8.15. The summed E-state index contributed by atoms with van der Waals surface area (Å²) in [4.78, 5) is 19.1. The number of thiazole rings is 1. The first-order valence-corrected chi connectivity index (χ1v) is 8.96. The Kier molecular flexibility index (Phi) is 4.29. The van der Waals surface area contributed by atoms with Crippen molar-refractivity contribution in [1.29, 1.82) is 0 Å². The lowest BCUT2D eigenvalue weighted by Gasteiger charge is -2.34. The standard InChI is InChI=1S/C17H20N2O3S/c20-17(14-11-21-9-10-22-14)19-7-5-12(6-8-19)16-18-13-3-1-2-4-15(13)23-16/h1-4,12,14H,5-11H2/t14-/m1/s1. The van der Waals surface area contributed by atoms with Gasteiger partial charge in [-0.2, -0.15) is 0 Å². The number of rotatable bonds is 2. The van der Waals surface area contributed by atoms with E-state index >= 15 is 0 Å². The van der Waals surface area contributed by atoms with Crippen LogP contribution in [0.25, 0.3) is 10.2 Å². The molecule has 2 saturated heterocycles. The fourth-order valence-corrected chi connectivity index (χ4v) is 4.38. The number of hydrogen-bond acceptors (Lipinski definition) is 5. The van der Waals surface area contributed by atoms with Crippen molar-refractivity contribution in [2.24, 2.45) is 0 Å². The van der Waals surface area contributed by atoms with Crippen LogP contribution in [-0.4, -0.2) is 54.8 Å². The molecule has 1 atom stereocenters. The lowest BCUT2D eigenvalue weighted by Crippen LogP contribution is -2.47. The molecule has 1 aromatic heterocycles. The number of piperidine rings is 1. The molecule has 2 aliphatic heterocycles. The Morgan fingerprint density at radius 1 is 1.22 bits per heavy atom. The lowest BCUT2D eigenvalue weighted by molar-refractivity contribution is -0.158. The van der Waals surface area contributed by atoms with Crippen LogP contribution < -0.4 is 0 Å². The van der Waals surface area contributed by atoms with Crippen LogP contribution >= 0.6 is 11.3 Å². The first kappa shape index (κ1) is 15.1. The van der Waals surface area contributed by atoms with E-state index in [4.69, 9.17) is 14.5 Å². The van der Waals surface area contributed by atoms with Gasteiger partial charge < -0.3 is 14.4 Å². The minimum absolute atomic E-state index is 0.0763. The third-order valence-corrected chi connectivity index (χ3v) is 5.76. The van der Waals surface area contributed by atoms with E-state index in [1.54, 1.807) is 11.3 Å². The predicted molar refractivity (Wildman–Crippen MR) is 88.7 cm³/mol. The highest BCUT2D eigenvalue weighted by atomic mass is 32.1. The molecule has 2 aliphatic rings. The van der Waals surface area contributed by atoms with Gasteiger partial charge in [-0.05, 0) is 25.0 Å². The van der Waals surface area contributed by atoms with Crippen molar-refractivity contribution in [2.75, 3.05) is 32.9 Å². The predicted octanol–water partition coefficient (Wildman–Crippen LogP) is 2.42.